The zero-order chi connectivity index (χ0) is 22.5. The molecule has 0 aliphatic rings. The third-order valence-electron chi connectivity index (χ3n) is 4.62. The number of nitrogens with one attached hydrogen (secondary N) is 1. The van der Waals surface area contributed by atoms with Crippen LogP contribution >= 0.6 is 23.4 Å². The molecule has 32 heavy (non-hydrogen) atoms. The molecule has 2 heterocycles. The van der Waals surface area contributed by atoms with Crippen molar-refractivity contribution >= 4 is 46.1 Å². The molecule has 0 fully saturated rings. The second-order valence-electron chi connectivity index (χ2n) is 7.08. The molecule has 0 spiro atoms. The van der Waals surface area contributed by atoms with Crippen molar-refractivity contribution in [3.8, 4) is 5.75 Å². The number of aromatic nitrogens is 5. The molecule has 0 bridgehead atoms. The van der Waals surface area contributed by atoms with Gasteiger partial charge in [-0.05, 0) is 43.2 Å². The zero-order valence-electron chi connectivity index (χ0n) is 17.7. The van der Waals surface area contributed by atoms with Crippen molar-refractivity contribution in [2.75, 3.05) is 11.2 Å². The number of nitrogens with zero attached hydrogens (tertiary/aromatic N) is 6. The minimum absolute atomic E-state index is 0.162. The number of thioether (sulfide) groups is 1. The summed E-state index contributed by atoms with van der Waals surface area (Å²) in [6.45, 7) is 4.39. The molecule has 0 aliphatic carbocycles. The summed E-state index contributed by atoms with van der Waals surface area (Å²) in [7, 11) is 0. The van der Waals surface area contributed by atoms with Crippen LogP contribution < -0.4 is 5.43 Å². The largest absolute Gasteiger partial charge is 0.507 e. The van der Waals surface area contributed by atoms with E-state index in [1.54, 1.807) is 34.6 Å². The van der Waals surface area contributed by atoms with Crippen molar-refractivity contribution in [3.63, 3.8) is 0 Å². The minimum atomic E-state index is 0.162. The molecule has 0 radical (unpaired) electrons. The molecular formula is C22H22ClN7OS. The van der Waals surface area contributed by atoms with E-state index in [0.717, 1.165) is 17.7 Å². The van der Waals surface area contributed by atoms with E-state index >= 15 is 0 Å². The summed E-state index contributed by atoms with van der Waals surface area (Å²) >= 11 is 7.69. The number of phenols is 1. The Balaban J connectivity index is 1.70. The fraction of sp³-hybridized carbons (Fsp3) is 0.227. The summed E-state index contributed by atoms with van der Waals surface area (Å²) in [6.07, 6.45) is 0.999. The van der Waals surface area contributed by atoms with Crippen LogP contribution in [0.25, 0.3) is 11.2 Å². The third kappa shape index (κ3) is 5.00. The molecule has 0 saturated heterocycles. The van der Waals surface area contributed by atoms with Crippen LogP contribution in [-0.4, -0.2) is 41.5 Å². The van der Waals surface area contributed by atoms with E-state index < -0.39 is 0 Å². The van der Waals surface area contributed by atoms with Gasteiger partial charge < -0.3 is 5.11 Å². The molecule has 0 amide bonds. The van der Waals surface area contributed by atoms with Crippen molar-refractivity contribution in [2.45, 2.75) is 32.0 Å². The highest BCUT2D eigenvalue weighted by atomic mass is 35.5. The summed E-state index contributed by atoms with van der Waals surface area (Å²) in [5.41, 5.74) is 6.36. The van der Waals surface area contributed by atoms with E-state index in [9.17, 15) is 5.11 Å². The lowest BCUT2D eigenvalue weighted by Gasteiger charge is -2.08. The molecule has 2 aromatic carbocycles. The number of phenolic OH excluding ortho intramolecular Hbond substituents is 1. The van der Waals surface area contributed by atoms with Crippen molar-refractivity contribution in [3.05, 3.63) is 64.7 Å². The number of benzene rings is 2. The predicted molar refractivity (Wildman–Crippen MR) is 129 cm³/mol. The Bertz CT molecular complexity index is 1270. The Morgan fingerprint density at radius 2 is 2.03 bits per heavy atom. The number of aromatic hydroxyl groups is 1. The van der Waals surface area contributed by atoms with Gasteiger partial charge in [0.25, 0.3) is 0 Å². The van der Waals surface area contributed by atoms with Crippen LogP contribution in [0.15, 0.2) is 58.8 Å². The van der Waals surface area contributed by atoms with Gasteiger partial charge >= 0.3 is 0 Å². The summed E-state index contributed by atoms with van der Waals surface area (Å²) in [4.78, 5) is 9.27. The van der Waals surface area contributed by atoms with Gasteiger partial charge in [0.15, 0.2) is 22.1 Å². The molecule has 10 heteroatoms. The van der Waals surface area contributed by atoms with Crippen LogP contribution in [0.4, 0.5) is 5.82 Å². The van der Waals surface area contributed by atoms with E-state index in [0.29, 0.717) is 45.0 Å². The highest BCUT2D eigenvalue weighted by Crippen LogP contribution is 2.25. The molecule has 8 nitrogen and oxygen atoms in total. The standard InChI is InChI=1S/C22H22ClN7OS/c1-3-11-32-22-24-20(28-26-14(2)17-9-4-5-10-18(17)31)19-21(25-22)30(29-27-19)13-15-7-6-8-16(23)12-15/h4-10,12,31H,3,11,13H2,1-2H3,(H,24,25,28)/b26-14+. The number of hydrogen-bond donors (Lipinski definition) is 2. The van der Waals surface area contributed by atoms with Crippen molar-refractivity contribution in [1.29, 1.82) is 0 Å². The van der Waals surface area contributed by atoms with Gasteiger partial charge in [0.1, 0.15) is 5.75 Å². The van der Waals surface area contributed by atoms with Gasteiger partial charge in [-0.1, -0.05) is 59.8 Å². The lowest BCUT2D eigenvalue weighted by molar-refractivity contribution is 0.474. The average Bonchev–Trinajstić information content (AvgIpc) is 3.19. The maximum atomic E-state index is 10.1. The van der Waals surface area contributed by atoms with Crippen LogP contribution in [0.1, 0.15) is 31.4 Å². The van der Waals surface area contributed by atoms with Crippen LogP contribution in [0, 0.1) is 0 Å². The Morgan fingerprint density at radius 1 is 1.19 bits per heavy atom. The molecular weight excluding hydrogens is 446 g/mol. The second kappa shape index (κ2) is 9.97. The molecule has 0 aliphatic heterocycles. The lowest BCUT2D eigenvalue weighted by atomic mass is 10.1. The number of hydrogen-bond acceptors (Lipinski definition) is 8. The van der Waals surface area contributed by atoms with Crippen LogP contribution in [0.2, 0.25) is 5.02 Å². The van der Waals surface area contributed by atoms with E-state index in [1.807, 2.05) is 37.3 Å². The van der Waals surface area contributed by atoms with Gasteiger partial charge in [0, 0.05) is 16.3 Å². The number of para-hydroxylation sites is 1. The summed E-state index contributed by atoms with van der Waals surface area (Å²) in [6, 6.07) is 14.6. The molecule has 0 atom stereocenters. The number of rotatable bonds is 8. The fourth-order valence-electron chi connectivity index (χ4n) is 3.06. The summed E-state index contributed by atoms with van der Waals surface area (Å²) in [5, 5.41) is 24.4. The van der Waals surface area contributed by atoms with Crippen molar-refractivity contribution in [2.24, 2.45) is 5.10 Å². The maximum absolute atomic E-state index is 10.1. The van der Waals surface area contributed by atoms with Gasteiger partial charge in [0.05, 0.1) is 12.3 Å². The first-order chi connectivity index (χ1) is 15.5. The Morgan fingerprint density at radius 3 is 2.81 bits per heavy atom. The van der Waals surface area contributed by atoms with Crippen LogP contribution in [0.5, 0.6) is 5.75 Å². The highest BCUT2D eigenvalue weighted by molar-refractivity contribution is 7.99. The number of halogens is 1. The van der Waals surface area contributed by atoms with Gasteiger partial charge in [-0.25, -0.2) is 14.6 Å². The Labute approximate surface area is 194 Å². The minimum Gasteiger partial charge on any atom is -0.507 e. The van der Waals surface area contributed by atoms with E-state index in [4.69, 9.17) is 11.6 Å². The monoisotopic (exact) mass is 467 g/mol. The summed E-state index contributed by atoms with van der Waals surface area (Å²) in [5.74, 6) is 1.51. The number of anilines is 1. The van der Waals surface area contributed by atoms with Crippen molar-refractivity contribution < 1.29 is 5.11 Å². The zero-order valence-corrected chi connectivity index (χ0v) is 19.2. The predicted octanol–water partition coefficient (Wildman–Crippen LogP) is 4.97. The van der Waals surface area contributed by atoms with E-state index in [2.05, 4.69) is 37.7 Å². The summed E-state index contributed by atoms with van der Waals surface area (Å²) < 4.78 is 1.73. The first-order valence-corrected chi connectivity index (χ1v) is 11.5. The average molecular weight is 468 g/mol. The van der Waals surface area contributed by atoms with Gasteiger partial charge in [-0.15, -0.1) is 5.10 Å². The topological polar surface area (TPSA) is 101 Å². The quantitative estimate of drug-likeness (QED) is 0.163. The first-order valence-electron chi connectivity index (χ1n) is 10.1. The molecule has 2 N–H and O–H groups in total. The molecule has 164 valence electrons. The van der Waals surface area contributed by atoms with Gasteiger partial charge in [-0.3, -0.25) is 5.43 Å². The van der Waals surface area contributed by atoms with E-state index in [-0.39, 0.29) is 5.75 Å². The second-order valence-corrected chi connectivity index (χ2v) is 8.58. The van der Waals surface area contributed by atoms with Gasteiger partial charge in [-0.2, -0.15) is 5.10 Å². The molecule has 0 saturated carbocycles. The maximum Gasteiger partial charge on any atom is 0.191 e. The van der Waals surface area contributed by atoms with Crippen LogP contribution in [0.3, 0.4) is 0 Å². The lowest BCUT2D eigenvalue weighted by Crippen LogP contribution is -2.06. The number of fused-ring (bicyclic) bond motifs is 1. The SMILES string of the molecule is CCCSc1nc(N/N=C(\C)c2ccccc2O)c2nnn(Cc3cccc(Cl)c3)c2n1. The first kappa shape index (κ1) is 22.0. The smallest absolute Gasteiger partial charge is 0.191 e. The fourth-order valence-corrected chi connectivity index (χ4v) is 3.97. The Hall–Kier alpha value is -3.17. The normalized spacial score (nSPS) is 11.8. The Kier molecular flexibility index (Phi) is 6.87. The molecule has 2 aromatic heterocycles. The highest BCUT2D eigenvalue weighted by Gasteiger charge is 2.16. The number of hydrazone groups is 1. The van der Waals surface area contributed by atoms with Gasteiger partial charge in [0.2, 0.25) is 0 Å². The van der Waals surface area contributed by atoms with Crippen molar-refractivity contribution in [1.82, 2.24) is 25.0 Å². The molecule has 4 aromatic rings. The molecule has 4 rings (SSSR count). The van der Waals surface area contributed by atoms with Crippen LogP contribution in [-0.2, 0) is 6.54 Å². The van der Waals surface area contributed by atoms with E-state index in [1.165, 1.54) is 0 Å². The molecule has 0 unspecified atom stereocenters. The third-order valence-corrected chi connectivity index (χ3v) is 5.91.